The summed E-state index contributed by atoms with van der Waals surface area (Å²) in [6, 6.07) is 8.73. The van der Waals surface area contributed by atoms with Crippen molar-refractivity contribution in [2.75, 3.05) is 37.7 Å². The van der Waals surface area contributed by atoms with Gasteiger partial charge in [-0.15, -0.1) is 0 Å². The van der Waals surface area contributed by atoms with Crippen molar-refractivity contribution in [3.63, 3.8) is 0 Å². The Morgan fingerprint density at radius 1 is 1.28 bits per heavy atom. The third kappa shape index (κ3) is 4.35. The average molecular weight is 361 g/mol. The summed E-state index contributed by atoms with van der Waals surface area (Å²) in [5, 5.41) is 5.69. The second kappa shape index (κ2) is 8.40. The number of rotatable bonds is 5. The van der Waals surface area contributed by atoms with Gasteiger partial charge < -0.3 is 15.4 Å². The molecule has 3 rings (SSSR count). The lowest BCUT2D eigenvalue weighted by atomic mass is 9.95. The molecule has 0 aliphatic carbocycles. The van der Waals surface area contributed by atoms with Crippen molar-refractivity contribution >= 4 is 23.8 Å². The van der Waals surface area contributed by atoms with Gasteiger partial charge in [-0.1, -0.05) is 30.3 Å². The number of thioether (sulfide) groups is 1. The number of ether oxygens (including phenoxy) is 1. The number of benzene rings is 1. The van der Waals surface area contributed by atoms with Gasteiger partial charge in [0.1, 0.15) is 0 Å². The van der Waals surface area contributed by atoms with E-state index >= 15 is 0 Å². The van der Waals surface area contributed by atoms with Gasteiger partial charge in [0.25, 0.3) is 0 Å². The van der Waals surface area contributed by atoms with E-state index in [-0.39, 0.29) is 12.0 Å². The zero-order valence-corrected chi connectivity index (χ0v) is 15.1. The molecule has 0 radical (unpaired) electrons. The molecule has 1 aromatic rings. The minimum Gasteiger partial charge on any atom is -0.463 e. The van der Waals surface area contributed by atoms with Crippen LogP contribution in [0.1, 0.15) is 18.5 Å². The van der Waals surface area contributed by atoms with Gasteiger partial charge in [0.2, 0.25) is 0 Å². The highest BCUT2D eigenvalue weighted by atomic mass is 32.2. The summed E-state index contributed by atoms with van der Waals surface area (Å²) in [5.74, 6) is 1.75. The Morgan fingerprint density at radius 3 is 2.68 bits per heavy atom. The third-order valence-electron chi connectivity index (χ3n) is 4.27. The lowest BCUT2D eigenvalue weighted by Gasteiger charge is -2.33. The first-order chi connectivity index (χ1) is 12.2. The molecule has 134 valence electrons. The maximum atomic E-state index is 12.6. The van der Waals surface area contributed by atoms with Crippen LogP contribution in [0, 0.1) is 0 Å². The van der Waals surface area contributed by atoms with E-state index in [0.717, 1.165) is 30.2 Å². The van der Waals surface area contributed by atoms with Gasteiger partial charge in [-0.2, -0.15) is 11.8 Å². The number of carbonyl (C=O) groups excluding carboxylic acids is 2. The van der Waals surface area contributed by atoms with E-state index in [1.54, 1.807) is 6.92 Å². The van der Waals surface area contributed by atoms with E-state index in [9.17, 15) is 9.59 Å². The molecule has 0 bridgehead atoms. The monoisotopic (exact) mass is 361 g/mol. The molecule has 0 spiro atoms. The van der Waals surface area contributed by atoms with Crippen LogP contribution < -0.4 is 10.6 Å². The Hall–Kier alpha value is -1.99. The lowest BCUT2D eigenvalue weighted by Crippen LogP contribution is -2.49. The van der Waals surface area contributed by atoms with Gasteiger partial charge >= 0.3 is 12.0 Å². The highest BCUT2D eigenvalue weighted by molar-refractivity contribution is 7.99. The van der Waals surface area contributed by atoms with Crippen LogP contribution in [0.5, 0.6) is 0 Å². The summed E-state index contributed by atoms with van der Waals surface area (Å²) >= 11 is 1.92. The normalized spacial score (nSPS) is 21.5. The molecule has 7 heteroatoms. The third-order valence-corrected chi connectivity index (χ3v) is 5.21. The summed E-state index contributed by atoms with van der Waals surface area (Å²) in [6.45, 7) is 4.52. The Morgan fingerprint density at radius 2 is 2.00 bits per heavy atom. The van der Waals surface area contributed by atoms with Crippen molar-refractivity contribution < 1.29 is 14.3 Å². The molecule has 2 amide bonds. The first-order valence-corrected chi connectivity index (χ1v) is 9.67. The summed E-state index contributed by atoms with van der Waals surface area (Å²) in [7, 11) is 0. The fourth-order valence-electron chi connectivity index (χ4n) is 3.07. The number of hydrogen-bond donors (Lipinski definition) is 2. The topological polar surface area (TPSA) is 70.7 Å². The van der Waals surface area contributed by atoms with Crippen LogP contribution in [0.3, 0.4) is 0 Å². The summed E-state index contributed by atoms with van der Waals surface area (Å²) in [5.41, 5.74) is 2.00. The van der Waals surface area contributed by atoms with Crippen LogP contribution in [0.4, 0.5) is 4.79 Å². The molecule has 25 heavy (non-hydrogen) atoms. The van der Waals surface area contributed by atoms with Crippen LogP contribution >= 0.6 is 11.8 Å². The molecule has 2 aliphatic heterocycles. The van der Waals surface area contributed by atoms with Crippen molar-refractivity contribution in [1.82, 2.24) is 15.5 Å². The molecule has 6 nitrogen and oxygen atoms in total. The molecule has 0 aromatic heterocycles. The average Bonchev–Trinajstić information content (AvgIpc) is 2.63. The molecule has 2 N–H and O–H groups in total. The van der Waals surface area contributed by atoms with Crippen molar-refractivity contribution in [3.05, 3.63) is 47.2 Å². The van der Waals surface area contributed by atoms with E-state index in [4.69, 9.17) is 4.74 Å². The van der Waals surface area contributed by atoms with Crippen molar-refractivity contribution in [2.24, 2.45) is 0 Å². The van der Waals surface area contributed by atoms with Gasteiger partial charge in [-0.3, -0.25) is 4.90 Å². The minimum atomic E-state index is -0.497. The number of carbonyl (C=O) groups is 2. The Labute approximate surface area is 152 Å². The van der Waals surface area contributed by atoms with Crippen LogP contribution in [-0.2, 0) is 9.53 Å². The van der Waals surface area contributed by atoms with E-state index in [1.165, 1.54) is 0 Å². The van der Waals surface area contributed by atoms with E-state index < -0.39 is 6.04 Å². The van der Waals surface area contributed by atoms with Gasteiger partial charge in [0.05, 0.1) is 18.2 Å². The molecule has 0 unspecified atom stereocenters. The van der Waals surface area contributed by atoms with Gasteiger partial charge in [0, 0.05) is 36.8 Å². The van der Waals surface area contributed by atoms with E-state index in [1.807, 2.05) is 42.1 Å². The highest BCUT2D eigenvalue weighted by Gasteiger charge is 2.34. The Kier molecular flexibility index (Phi) is 5.99. The number of nitrogens with one attached hydrogen (secondary N) is 2. The van der Waals surface area contributed by atoms with Crippen molar-refractivity contribution in [2.45, 2.75) is 13.0 Å². The molecule has 1 fully saturated rings. The first kappa shape index (κ1) is 17.8. The zero-order chi connectivity index (χ0) is 17.6. The molecule has 1 atom stereocenters. The second-order valence-electron chi connectivity index (χ2n) is 5.94. The number of urea groups is 1. The molecular weight excluding hydrogens is 338 g/mol. The van der Waals surface area contributed by atoms with E-state index in [0.29, 0.717) is 24.4 Å². The standard InChI is InChI=1S/C18H23N3O3S/c1-2-24-17(22)15-14(12-21-8-10-25-11-9-21)19-18(23)20-16(15)13-6-4-3-5-7-13/h3-7,16H,2,8-12H2,1H3,(H2,19,20,23)/t16-/m0/s1. The summed E-state index contributed by atoms with van der Waals surface area (Å²) in [6.07, 6.45) is 0. The largest absolute Gasteiger partial charge is 0.463 e. The maximum Gasteiger partial charge on any atom is 0.338 e. The number of amides is 2. The van der Waals surface area contributed by atoms with Crippen molar-refractivity contribution in [1.29, 1.82) is 0 Å². The van der Waals surface area contributed by atoms with Gasteiger partial charge in [-0.05, 0) is 12.5 Å². The number of hydrogen-bond acceptors (Lipinski definition) is 5. The quantitative estimate of drug-likeness (QED) is 0.784. The van der Waals surface area contributed by atoms with E-state index in [2.05, 4.69) is 15.5 Å². The van der Waals surface area contributed by atoms with Crippen LogP contribution in [0.2, 0.25) is 0 Å². The molecule has 2 aliphatic rings. The smallest absolute Gasteiger partial charge is 0.338 e. The second-order valence-corrected chi connectivity index (χ2v) is 7.17. The minimum absolute atomic E-state index is 0.289. The summed E-state index contributed by atoms with van der Waals surface area (Å²) < 4.78 is 5.28. The predicted molar refractivity (Wildman–Crippen MR) is 98.3 cm³/mol. The SMILES string of the molecule is CCOC(=O)C1=C(CN2CCSCC2)NC(=O)N[C@H]1c1ccccc1. The Bertz CT molecular complexity index is 657. The van der Waals surface area contributed by atoms with Gasteiger partial charge in [0.15, 0.2) is 0 Å². The maximum absolute atomic E-state index is 12.6. The first-order valence-electron chi connectivity index (χ1n) is 8.51. The Balaban J connectivity index is 1.96. The highest BCUT2D eigenvalue weighted by Crippen LogP contribution is 2.28. The molecule has 1 saturated heterocycles. The molecule has 1 aromatic carbocycles. The summed E-state index contributed by atoms with van der Waals surface area (Å²) in [4.78, 5) is 27.1. The number of esters is 1. The molecular formula is C18H23N3O3S. The zero-order valence-electron chi connectivity index (χ0n) is 14.3. The van der Waals surface area contributed by atoms with Crippen LogP contribution in [-0.4, -0.2) is 54.6 Å². The predicted octanol–water partition coefficient (Wildman–Crippen LogP) is 1.91. The fourth-order valence-corrected chi connectivity index (χ4v) is 4.05. The fraction of sp³-hybridized carbons (Fsp3) is 0.444. The van der Waals surface area contributed by atoms with Gasteiger partial charge in [-0.25, -0.2) is 9.59 Å². The number of nitrogens with zero attached hydrogens (tertiary/aromatic N) is 1. The van der Waals surface area contributed by atoms with Crippen LogP contribution in [0.15, 0.2) is 41.6 Å². The van der Waals surface area contributed by atoms with Crippen molar-refractivity contribution in [3.8, 4) is 0 Å². The van der Waals surface area contributed by atoms with Crippen LogP contribution in [0.25, 0.3) is 0 Å². The lowest BCUT2D eigenvalue weighted by molar-refractivity contribution is -0.139. The molecule has 0 saturated carbocycles. The molecule has 2 heterocycles.